The SMILES string of the molecule is OC[C@H]1O[C@@H](n2cnc3c(NCCc4ccc(O)cc4)nc(NCCc4ccccc4)nc32)[C@H](O)[C@@H]1O. The third kappa shape index (κ3) is 5.49. The number of aliphatic hydroxyl groups is 3. The van der Waals surface area contributed by atoms with Gasteiger partial charge in [-0.3, -0.25) is 4.57 Å². The highest BCUT2D eigenvalue weighted by Crippen LogP contribution is 2.32. The lowest BCUT2D eigenvalue weighted by Crippen LogP contribution is -2.33. The number of benzene rings is 2. The average molecular weight is 507 g/mol. The third-order valence-corrected chi connectivity index (χ3v) is 6.39. The molecule has 4 aromatic rings. The number of rotatable bonds is 10. The number of phenolic OH excluding ortho intramolecular Hbond substituents is 1. The van der Waals surface area contributed by atoms with Crippen molar-refractivity contribution in [1.29, 1.82) is 0 Å². The van der Waals surface area contributed by atoms with Gasteiger partial charge in [0.15, 0.2) is 23.2 Å². The molecular weight excluding hydrogens is 476 g/mol. The molecule has 194 valence electrons. The summed E-state index contributed by atoms with van der Waals surface area (Å²) in [5, 5.41) is 46.4. The molecule has 11 heteroatoms. The number of phenols is 1. The molecule has 0 saturated carbocycles. The zero-order valence-electron chi connectivity index (χ0n) is 20.1. The van der Waals surface area contributed by atoms with E-state index < -0.39 is 31.1 Å². The van der Waals surface area contributed by atoms with Crippen molar-refractivity contribution in [3.63, 3.8) is 0 Å². The lowest BCUT2D eigenvalue weighted by Gasteiger charge is -2.17. The van der Waals surface area contributed by atoms with E-state index >= 15 is 0 Å². The van der Waals surface area contributed by atoms with Crippen LogP contribution in [0.2, 0.25) is 0 Å². The minimum absolute atomic E-state index is 0.218. The zero-order chi connectivity index (χ0) is 25.8. The van der Waals surface area contributed by atoms with Gasteiger partial charge in [0, 0.05) is 13.1 Å². The third-order valence-electron chi connectivity index (χ3n) is 6.39. The van der Waals surface area contributed by atoms with Gasteiger partial charge in [0.1, 0.15) is 24.1 Å². The average Bonchev–Trinajstić information content (AvgIpc) is 3.46. The second-order valence-electron chi connectivity index (χ2n) is 8.95. The van der Waals surface area contributed by atoms with Gasteiger partial charge >= 0.3 is 0 Å². The van der Waals surface area contributed by atoms with Gasteiger partial charge in [-0.05, 0) is 36.1 Å². The summed E-state index contributed by atoms with van der Waals surface area (Å²) in [5.41, 5.74) is 3.13. The predicted molar refractivity (Wildman–Crippen MR) is 137 cm³/mol. The summed E-state index contributed by atoms with van der Waals surface area (Å²) >= 11 is 0. The van der Waals surface area contributed by atoms with E-state index in [4.69, 9.17) is 4.74 Å². The first-order valence-electron chi connectivity index (χ1n) is 12.2. The highest BCUT2D eigenvalue weighted by atomic mass is 16.6. The zero-order valence-corrected chi connectivity index (χ0v) is 20.1. The fourth-order valence-electron chi connectivity index (χ4n) is 4.37. The van der Waals surface area contributed by atoms with Crippen LogP contribution in [0.15, 0.2) is 60.9 Å². The Kier molecular flexibility index (Phi) is 7.47. The first-order chi connectivity index (χ1) is 18.0. The Balaban J connectivity index is 1.39. The van der Waals surface area contributed by atoms with Crippen LogP contribution in [0.1, 0.15) is 17.4 Å². The topological polar surface area (TPSA) is 158 Å². The van der Waals surface area contributed by atoms with E-state index in [1.165, 1.54) is 11.9 Å². The molecular formula is C26H30N6O5. The fraction of sp³-hybridized carbons (Fsp3) is 0.346. The first kappa shape index (κ1) is 24.9. The van der Waals surface area contributed by atoms with Crippen LogP contribution in [0, 0.1) is 0 Å². The summed E-state index contributed by atoms with van der Waals surface area (Å²) in [6.45, 7) is 0.734. The number of hydrogen-bond acceptors (Lipinski definition) is 10. The molecule has 0 aliphatic carbocycles. The summed E-state index contributed by atoms with van der Waals surface area (Å²) in [4.78, 5) is 13.7. The maximum absolute atomic E-state index is 10.6. The van der Waals surface area contributed by atoms with E-state index in [1.54, 1.807) is 16.7 Å². The monoisotopic (exact) mass is 506 g/mol. The van der Waals surface area contributed by atoms with Crippen LogP contribution in [-0.2, 0) is 17.6 Å². The van der Waals surface area contributed by atoms with E-state index in [0.717, 1.165) is 12.0 Å². The van der Waals surface area contributed by atoms with Crippen molar-refractivity contribution in [1.82, 2.24) is 19.5 Å². The van der Waals surface area contributed by atoms with E-state index in [2.05, 4.69) is 37.7 Å². The molecule has 0 radical (unpaired) electrons. The molecule has 4 atom stereocenters. The van der Waals surface area contributed by atoms with Crippen LogP contribution in [0.25, 0.3) is 11.2 Å². The van der Waals surface area contributed by atoms with Gasteiger partial charge in [0.25, 0.3) is 0 Å². The van der Waals surface area contributed by atoms with E-state index in [0.29, 0.717) is 42.4 Å². The lowest BCUT2D eigenvalue weighted by molar-refractivity contribution is -0.0511. The molecule has 0 amide bonds. The number of aromatic nitrogens is 4. The second-order valence-corrected chi connectivity index (χ2v) is 8.95. The molecule has 11 nitrogen and oxygen atoms in total. The van der Waals surface area contributed by atoms with E-state index in [1.807, 2.05) is 30.3 Å². The van der Waals surface area contributed by atoms with Crippen LogP contribution in [0.5, 0.6) is 5.75 Å². The number of aromatic hydroxyl groups is 1. The molecule has 0 spiro atoms. The number of nitrogens with one attached hydrogen (secondary N) is 2. The number of fused-ring (bicyclic) bond motifs is 1. The van der Waals surface area contributed by atoms with Gasteiger partial charge in [-0.25, -0.2) is 4.98 Å². The summed E-state index contributed by atoms with van der Waals surface area (Å²) < 4.78 is 7.26. The maximum Gasteiger partial charge on any atom is 0.226 e. The number of nitrogens with zero attached hydrogens (tertiary/aromatic N) is 4. The molecule has 0 bridgehead atoms. The Morgan fingerprint density at radius 3 is 2.27 bits per heavy atom. The van der Waals surface area contributed by atoms with Crippen molar-refractivity contribution >= 4 is 22.9 Å². The van der Waals surface area contributed by atoms with Crippen LogP contribution in [-0.4, -0.2) is 78.0 Å². The molecule has 0 unspecified atom stereocenters. The fourth-order valence-corrected chi connectivity index (χ4v) is 4.37. The molecule has 5 rings (SSSR count). The van der Waals surface area contributed by atoms with Crippen LogP contribution >= 0.6 is 0 Å². The Morgan fingerprint density at radius 1 is 0.865 bits per heavy atom. The molecule has 37 heavy (non-hydrogen) atoms. The summed E-state index contributed by atoms with van der Waals surface area (Å²) in [7, 11) is 0. The first-order valence-corrected chi connectivity index (χ1v) is 12.2. The Morgan fingerprint density at radius 2 is 1.57 bits per heavy atom. The molecule has 1 fully saturated rings. The van der Waals surface area contributed by atoms with Crippen molar-refractivity contribution in [3.05, 3.63) is 72.1 Å². The Labute approximate surface area is 213 Å². The van der Waals surface area contributed by atoms with E-state index in [-0.39, 0.29) is 5.75 Å². The van der Waals surface area contributed by atoms with Gasteiger partial charge in [0.05, 0.1) is 12.9 Å². The largest absolute Gasteiger partial charge is 0.508 e. The maximum atomic E-state index is 10.6. The lowest BCUT2D eigenvalue weighted by atomic mass is 10.1. The van der Waals surface area contributed by atoms with Gasteiger partial charge in [-0.2, -0.15) is 9.97 Å². The highest BCUT2D eigenvalue weighted by molar-refractivity contribution is 5.84. The molecule has 1 aliphatic heterocycles. The van der Waals surface area contributed by atoms with Crippen LogP contribution in [0.4, 0.5) is 11.8 Å². The van der Waals surface area contributed by atoms with Crippen molar-refractivity contribution in [2.75, 3.05) is 30.3 Å². The quantitative estimate of drug-likeness (QED) is 0.186. The Hall–Kier alpha value is -3.77. The summed E-state index contributed by atoms with van der Waals surface area (Å²) in [6.07, 6.45) is -1.42. The van der Waals surface area contributed by atoms with Crippen molar-refractivity contribution in [2.24, 2.45) is 0 Å². The van der Waals surface area contributed by atoms with Gasteiger partial charge in [-0.15, -0.1) is 0 Å². The van der Waals surface area contributed by atoms with E-state index in [9.17, 15) is 20.4 Å². The molecule has 2 aromatic carbocycles. The van der Waals surface area contributed by atoms with Crippen molar-refractivity contribution in [2.45, 2.75) is 37.4 Å². The predicted octanol–water partition coefficient (Wildman–Crippen LogP) is 1.45. The standard InChI is InChI=1S/C26H30N6O5/c33-14-19-21(35)22(36)25(37-19)32-15-29-20-23(27-12-10-17-6-8-18(34)9-7-17)30-26(31-24(20)32)28-13-11-16-4-2-1-3-5-16/h1-9,15,19,21-22,25,33-36H,10-14H2,(H2,27,28,30,31)/t19-,21-,22-,25-/m1/s1. The summed E-state index contributed by atoms with van der Waals surface area (Å²) in [5.74, 6) is 1.11. The van der Waals surface area contributed by atoms with Gasteiger partial charge in [-0.1, -0.05) is 42.5 Å². The molecule has 6 N–H and O–H groups in total. The van der Waals surface area contributed by atoms with Gasteiger partial charge in [0.2, 0.25) is 5.95 Å². The number of hydrogen-bond donors (Lipinski definition) is 6. The second kappa shape index (κ2) is 11.1. The summed E-state index contributed by atoms with van der Waals surface area (Å²) in [6, 6.07) is 17.1. The minimum Gasteiger partial charge on any atom is -0.508 e. The molecule has 1 aliphatic rings. The van der Waals surface area contributed by atoms with Crippen LogP contribution in [0.3, 0.4) is 0 Å². The number of imidazole rings is 1. The number of aliphatic hydroxyl groups excluding tert-OH is 3. The van der Waals surface area contributed by atoms with Crippen molar-refractivity contribution in [3.8, 4) is 5.75 Å². The molecule has 2 aromatic heterocycles. The Bertz CT molecular complexity index is 1320. The smallest absolute Gasteiger partial charge is 0.226 e. The minimum atomic E-state index is -1.26. The highest BCUT2D eigenvalue weighted by Gasteiger charge is 2.44. The normalized spacial score (nSPS) is 21.4. The van der Waals surface area contributed by atoms with Crippen LogP contribution < -0.4 is 10.6 Å². The van der Waals surface area contributed by atoms with Gasteiger partial charge < -0.3 is 35.8 Å². The number of ether oxygens (including phenoxy) is 1. The molecule has 1 saturated heterocycles. The number of anilines is 2. The van der Waals surface area contributed by atoms with Crippen molar-refractivity contribution < 1.29 is 25.2 Å². The molecule has 3 heterocycles.